The molecular weight excluding hydrogens is 218 g/mol. The summed E-state index contributed by atoms with van der Waals surface area (Å²) in [7, 11) is 0. The number of aliphatic hydroxyl groups excluding tert-OH is 1. The molecule has 1 unspecified atom stereocenters. The number of aromatic nitrogens is 2. The van der Waals surface area contributed by atoms with E-state index in [2.05, 4.69) is 5.10 Å². The van der Waals surface area contributed by atoms with Crippen molar-refractivity contribution in [2.45, 2.75) is 13.0 Å². The van der Waals surface area contributed by atoms with Gasteiger partial charge in [-0.05, 0) is 30.7 Å². The van der Waals surface area contributed by atoms with Gasteiger partial charge in [-0.25, -0.2) is 4.68 Å². The molecule has 2 rings (SSSR count). The molecule has 17 heavy (non-hydrogen) atoms. The van der Waals surface area contributed by atoms with Gasteiger partial charge in [0.2, 0.25) is 0 Å². The van der Waals surface area contributed by atoms with Gasteiger partial charge in [0, 0.05) is 6.20 Å². The molecule has 5 heteroatoms. The Kier molecular flexibility index (Phi) is 2.93. The number of benzene rings is 1. The fraction of sp³-hybridized carbons (Fsp3) is 0.167. The monoisotopic (exact) mass is 231 g/mol. The molecule has 2 aromatic rings. The number of primary amides is 1. The van der Waals surface area contributed by atoms with Crippen LogP contribution in [0.25, 0.3) is 5.69 Å². The van der Waals surface area contributed by atoms with Gasteiger partial charge < -0.3 is 10.8 Å². The maximum Gasteiger partial charge on any atom is 0.269 e. The van der Waals surface area contributed by atoms with Crippen LogP contribution in [0.2, 0.25) is 0 Å². The highest BCUT2D eigenvalue weighted by atomic mass is 16.3. The number of nitrogens with two attached hydrogens (primary N) is 1. The maximum absolute atomic E-state index is 10.9. The van der Waals surface area contributed by atoms with E-state index in [1.807, 2.05) is 24.3 Å². The third-order valence-corrected chi connectivity index (χ3v) is 2.48. The fourth-order valence-electron chi connectivity index (χ4n) is 1.50. The van der Waals surface area contributed by atoms with Gasteiger partial charge in [0.05, 0.1) is 11.8 Å². The molecule has 1 amide bonds. The van der Waals surface area contributed by atoms with Gasteiger partial charge >= 0.3 is 0 Å². The summed E-state index contributed by atoms with van der Waals surface area (Å²) in [4.78, 5) is 10.9. The van der Waals surface area contributed by atoms with Crippen molar-refractivity contribution in [3.63, 3.8) is 0 Å². The minimum Gasteiger partial charge on any atom is -0.389 e. The first-order valence-electron chi connectivity index (χ1n) is 5.22. The lowest BCUT2D eigenvalue weighted by Gasteiger charge is -2.06. The highest BCUT2D eigenvalue weighted by molar-refractivity contribution is 5.90. The van der Waals surface area contributed by atoms with Crippen molar-refractivity contribution >= 4 is 5.91 Å². The van der Waals surface area contributed by atoms with Gasteiger partial charge in [-0.3, -0.25) is 4.79 Å². The summed E-state index contributed by atoms with van der Waals surface area (Å²) < 4.78 is 1.56. The highest BCUT2D eigenvalue weighted by Crippen LogP contribution is 2.15. The van der Waals surface area contributed by atoms with Crippen molar-refractivity contribution in [2.24, 2.45) is 5.73 Å². The zero-order valence-electron chi connectivity index (χ0n) is 9.37. The van der Waals surface area contributed by atoms with E-state index in [-0.39, 0.29) is 5.69 Å². The minimum atomic E-state index is -0.552. The Bertz CT molecular complexity index is 529. The largest absolute Gasteiger partial charge is 0.389 e. The van der Waals surface area contributed by atoms with Crippen molar-refractivity contribution in [3.8, 4) is 5.69 Å². The zero-order chi connectivity index (χ0) is 12.4. The molecule has 1 aromatic carbocycles. The van der Waals surface area contributed by atoms with Crippen LogP contribution in [-0.2, 0) is 0 Å². The molecule has 0 spiro atoms. The lowest BCUT2D eigenvalue weighted by atomic mass is 10.1. The van der Waals surface area contributed by atoms with E-state index in [4.69, 9.17) is 5.73 Å². The van der Waals surface area contributed by atoms with E-state index in [0.717, 1.165) is 11.3 Å². The van der Waals surface area contributed by atoms with Gasteiger partial charge in [-0.1, -0.05) is 12.1 Å². The number of nitrogens with zero attached hydrogens (tertiary/aromatic N) is 2. The number of carbonyl (C=O) groups excluding carboxylic acids is 1. The molecule has 5 nitrogen and oxygen atoms in total. The molecular formula is C12H13N3O2. The Morgan fingerprint density at radius 3 is 2.47 bits per heavy atom. The quantitative estimate of drug-likeness (QED) is 0.827. The van der Waals surface area contributed by atoms with Gasteiger partial charge in [-0.15, -0.1) is 0 Å². The average molecular weight is 231 g/mol. The molecule has 0 saturated heterocycles. The van der Waals surface area contributed by atoms with Crippen LogP contribution in [-0.4, -0.2) is 20.8 Å². The van der Waals surface area contributed by atoms with Crippen LogP contribution in [0.4, 0.5) is 0 Å². The Balaban J connectivity index is 2.30. The maximum atomic E-state index is 10.9. The Morgan fingerprint density at radius 2 is 2.00 bits per heavy atom. The molecule has 0 aliphatic heterocycles. The predicted octanol–water partition coefficient (Wildman–Crippen LogP) is 1.02. The number of aliphatic hydroxyl groups is 1. The molecule has 88 valence electrons. The van der Waals surface area contributed by atoms with Gasteiger partial charge in [0.1, 0.15) is 5.69 Å². The Morgan fingerprint density at radius 1 is 1.35 bits per heavy atom. The number of rotatable bonds is 3. The van der Waals surface area contributed by atoms with E-state index >= 15 is 0 Å². The van der Waals surface area contributed by atoms with Crippen molar-refractivity contribution in [2.75, 3.05) is 0 Å². The lowest BCUT2D eigenvalue weighted by molar-refractivity contribution is 0.0995. The first-order valence-corrected chi connectivity index (χ1v) is 5.22. The van der Waals surface area contributed by atoms with Crippen molar-refractivity contribution < 1.29 is 9.90 Å². The summed E-state index contributed by atoms with van der Waals surface area (Å²) >= 11 is 0. The lowest BCUT2D eigenvalue weighted by Crippen LogP contribution is -2.12. The van der Waals surface area contributed by atoms with E-state index in [9.17, 15) is 9.90 Å². The number of hydrogen-bond acceptors (Lipinski definition) is 3. The summed E-state index contributed by atoms with van der Waals surface area (Å²) in [6, 6.07) is 8.82. The van der Waals surface area contributed by atoms with E-state index in [0.29, 0.717) is 0 Å². The van der Waals surface area contributed by atoms with E-state index < -0.39 is 12.0 Å². The zero-order valence-corrected chi connectivity index (χ0v) is 9.37. The molecule has 1 atom stereocenters. The fourth-order valence-corrected chi connectivity index (χ4v) is 1.50. The van der Waals surface area contributed by atoms with Crippen LogP contribution >= 0.6 is 0 Å². The second-order valence-electron chi connectivity index (χ2n) is 3.78. The Labute approximate surface area is 98.5 Å². The predicted molar refractivity (Wildman–Crippen MR) is 62.7 cm³/mol. The minimum absolute atomic E-state index is 0.226. The summed E-state index contributed by atoms with van der Waals surface area (Å²) in [6.07, 6.45) is 1.17. The van der Waals surface area contributed by atoms with Crippen molar-refractivity contribution in [1.29, 1.82) is 0 Å². The van der Waals surface area contributed by atoms with Crippen LogP contribution in [0, 0.1) is 0 Å². The molecule has 0 fully saturated rings. The average Bonchev–Trinajstić information content (AvgIpc) is 2.78. The van der Waals surface area contributed by atoms with Crippen LogP contribution < -0.4 is 5.73 Å². The molecule has 1 aromatic heterocycles. The summed E-state index contributed by atoms with van der Waals surface area (Å²) in [5.74, 6) is -0.552. The number of hydrogen-bond donors (Lipinski definition) is 2. The molecule has 3 N–H and O–H groups in total. The normalized spacial score (nSPS) is 12.4. The number of carbonyl (C=O) groups is 1. The second-order valence-corrected chi connectivity index (χ2v) is 3.78. The van der Waals surface area contributed by atoms with Crippen molar-refractivity contribution in [3.05, 3.63) is 47.8 Å². The van der Waals surface area contributed by atoms with Gasteiger partial charge in [-0.2, -0.15) is 5.10 Å². The third-order valence-electron chi connectivity index (χ3n) is 2.48. The second kappa shape index (κ2) is 4.39. The van der Waals surface area contributed by atoms with Gasteiger partial charge in [0.15, 0.2) is 0 Å². The molecule has 1 heterocycles. The van der Waals surface area contributed by atoms with E-state index in [1.54, 1.807) is 23.9 Å². The van der Waals surface area contributed by atoms with Crippen LogP contribution in [0.15, 0.2) is 36.5 Å². The van der Waals surface area contributed by atoms with Gasteiger partial charge in [0.25, 0.3) is 5.91 Å². The first-order chi connectivity index (χ1) is 8.08. The highest BCUT2D eigenvalue weighted by Gasteiger charge is 2.06. The molecule has 0 saturated carbocycles. The Hall–Kier alpha value is -2.14. The standard InChI is InChI=1S/C12H13N3O2/c1-8(16)9-2-4-10(5-3-9)15-7-6-11(14-15)12(13)17/h2-8,16H,1H3,(H2,13,17). The van der Waals surface area contributed by atoms with Crippen molar-refractivity contribution in [1.82, 2.24) is 9.78 Å². The molecule has 0 radical (unpaired) electrons. The first kappa shape index (κ1) is 11.3. The van der Waals surface area contributed by atoms with Crippen LogP contribution in [0.1, 0.15) is 29.1 Å². The van der Waals surface area contributed by atoms with Crippen LogP contribution in [0.5, 0.6) is 0 Å². The topological polar surface area (TPSA) is 81.1 Å². The SMILES string of the molecule is CC(O)c1ccc(-n2ccc(C(N)=O)n2)cc1. The summed E-state index contributed by atoms with van der Waals surface area (Å²) in [5, 5.41) is 13.4. The molecule has 0 aliphatic carbocycles. The van der Waals surface area contributed by atoms with Crippen LogP contribution in [0.3, 0.4) is 0 Å². The third kappa shape index (κ3) is 2.34. The molecule has 0 bridgehead atoms. The molecule has 0 aliphatic rings. The number of amides is 1. The van der Waals surface area contributed by atoms with E-state index in [1.165, 1.54) is 0 Å². The smallest absolute Gasteiger partial charge is 0.269 e. The summed E-state index contributed by atoms with van der Waals surface area (Å²) in [5.41, 5.74) is 6.98. The summed E-state index contributed by atoms with van der Waals surface area (Å²) in [6.45, 7) is 1.70.